The molecule has 0 atom stereocenters. The highest BCUT2D eigenvalue weighted by Crippen LogP contribution is 2.29. The Labute approximate surface area is 154 Å². The van der Waals surface area contributed by atoms with Crippen LogP contribution in [0.15, 0.2) is 23.1 Å². The van der Waals surface area contributed by atoms with E-state index in [9.17, 15) is 18.0 Å². The molecule has 0 aromatic heterocycles. The van der Waals surface area contributed by atoms with E-state index in [0.29, 0.717) is 18.8 Å². The largest absolute Gasteiger partial charge is 0.495 e. The van der Waals surface area contributed by atoms with Crippen LogP contribution < -0.4 is 10.1 Å². The maximum absolute atomic E-state index is 12.6. The molecule has 1 rings (SSSR count). The average Bonchev–Trinajstić information content (AvgIpc) is 2.61. The lowest BCUT2D eigenvalue weighted by Gasteiger charge is -2.19. The van der Waals surface area contributed by atoms with Crippen molar-refractivity contribution in [2.45, 2.75) is 38.5 Å². The number of ether oxygens (including phenoxy) is 2. The molecule has 0 aliphatic carbocycles. The molecule has 8 nitrogen and oxygen atoms in total. The number of methoxy groups -OCH3 is 1. The summed E-state index contributed by atoms with van der Waals surface area (Å²) in [4.78, 5) is 23.5. The summed E-state index contributed by atoms with van der Waals surface area (Å²) >= 11 is 0. The third-order valence-electron chi connectivity index (χ3n) is 3.65. The first-order valence-corrected chi connectivity index (χ1v) is 9.87. The van der Waals surface area contributed by atoms with Crippen molar-refractivity contribution in [1.29, 1.82) is 0 Å². The zero-order chi connectivity index (χ0) is 19.7. The SMILES string of the molecule is CCOC(=O)CCC(=O)Nc1cc(S(=O)(=O)N(CC)CC)ccc1OC. The number of nitrogens with zero attached hydrogens (tertiary/aromatic N) is 1. The number of anilines is 1. The molecule has 0 spiro atoms. The molecule has 0 radical (unpaired) electrons. The van der Waals surface area contributed by atoms with Gasteiger partial charge >= 0.3 is 5.97 Å². The number of sulfonamides is 1. The fourth-order valence-corrected chi connectivity index (χ4v) is 3.80. The Bertz CT molecular complexity index is 729. The van der Waals surface area contributed by atoms with E-state index in [0.717, 1.165) is 0 Å². The van der Waals surface area contributed by atoms with Crippen molar-refractivity contribution in [1.82, 2.24) is 4.31 Å². The highest BCUT2D eigenvalue weighted by Gasteiger charge is 2.23. The maximum atomic E-state index is 12.6. The van der Waals surface area contributed by atoms with Gasteiger partial charge in [-0.25, -0.2) is 8.42 Å². The second kappa shape index (κ2) is 10.1. The standard InChI is InChI=1S/C17H26N2O6S/c1-5-19(6-2)26(22,23)13-8-9-15(24-4)14(12-13)18-16(20)10-11-17(21)25-7-3/h8-9,12H,5-7,10-11H2,1-4H3,(H,18,20). The van der Waals surface area contributed by atoms with Crippen LogP contribution in [-0.4, -0.2) is 51.4 Å². The van der Waals surface area contributed by atoms with Gasteiger partial charge < -0.3 is 14.8 Å². The van der Waals surface area contributed by atoms with Gasteiger partial charge in [-0.1, -0.05) is 13.8 Å². The van der Waals surface area contributed by atoms with Gasteiger partial charge in [0.1, 0.15) is 5.75 Å². The fraction of sp³-hybridized carbons (Fsp3) is 0.529. The number of nitrogens with one attached hydrogen (secondary N) is 1. The van der Waals surface area contributed by atoms with E-state index in [1.807, 2.05) is 0 Å². The molecule has 1 N–H and O–H groups in total. The van der Waals surface area contributed by atoms with E-state index >= 15 is 0 Å². The minimum absolute atomic E-state index is 0.0561. The molecule has 0 aliphatic rings. The Hall–Kier alpha value is -2.13. The van der Waals surface area contributed by atoms with E-state index in [1.165, 1.54) is 29.6 Å². The number of benzene rings is 1. The molecule has 0 heterocycles. The highest BCUT2D eigenvalue weighted by molar-refractivity contribution is 7.89. The minimum atomic E-state index is -3.67. The molecule has 0 saturated carbocycles. The van der Waals surface area contributed by atoms with Gasteiger partial charge in [-0.15, -0.1) is 0 Å². The first kappa shape index (κ1) is 21.9. The van der Waals surface area contributed by atoms with Gasteiger partial charge in [-0.3, -0.25) is 9.59 Å². The zero-order valence-electron chi connectivity index (χ0n) is 15.6. The summed E-state index contributed by atoms with van der Waals surface area (Å²) < 4.78 is 36.5. The predicted molar refractivity (Wildman–Crippen MR) is 97.6 cm³/mol. The van der Waals surface area contributed by atoms with E-state index in [2.05, 4.69) is 5.32 Å². The Kier molecular flexibility index (Phi) is 8.53. The second-order valence-corrected chi connectivity index (χ2v) is 7.24. The van der Waals surface area contributed by atoms with E-state index in [4.69, 9.17) is 9.47 Å². The van der Waals surface area contributed by atoms with Crippen LogP contribution in [-0.2, 0) is 24.3 Å². The second-order valence-electron chi connectivity index (χ2n) is 5.30. The number of hydrogen-bond donors (Lipinski definition) is 1. The quantitative estimate of drug-likeness (QED) is 0.617. The normalized spacial score (nSPS) is 11.3. The van der Waals surface area contributed by atoms with Crippen LogP contribution in [0.4, 0.5) is 5.69 Å². The molecule has 0 aliphatic heterocycles. The molecule has 1 aromatic carbocycles. The Morgan fingerprint density at radius 3 is 2.31 bits per heavy atom. The molecule has 1 aromatic rings. The lowest BCUT2D eigenvalue weighted by molar-refractivity contribution is -0.144. The van der Waals surface area contributed by atoms with Gasteiger partial charge in [-0.2, -0.15) is 4.31 Å². The molecule has 0 fully saturated rings. The minimum Gasteiger partial charge on any atom is -0.495 e. The zero-order valence-corrected chi connectivity index (χ0v) is 16.4. The Balaban J connectivity index is 3.00. The van der Waals surface area contributed by atoms with E-state index in [-0.39, 0.29) is 30.0 Å². The van der Waals surface area contributed by atoms with Gasteiger partial charge in [0.05, 0.1) is 30.7 Å². The first-order chi connectivity index (χ1) is 12.3. The van der Waals surface area contributed by atoms with E-state index in [1.54, 1.807) is 20.8 Å². The highest BCUT2D eigenvalue weighted by atomic mass is 32.2. The summed E-state index contributed by atoms with van der Waals surface area (Å²) in [5.41, 5.74) is 0.231. The monoisotopic (exact) mass is 386 g/mol. The topological polar surface area (TPSA) is 102 Å². The van der Waals surface area contributed by atoms with Crippen molar-refractivity contribution >= 4 is 27.6 Å². The van der Waals surface area contributed by atoms with Gasteiger partial charge in [0.15, 0.2) is 0 Å². The van der Waals surface area contributed by atoms with E-state index < -0.39 is 21.9 Å². The number of hydrogen-bond acceptors (Lipinski definition) is 6. The maximum Gasteiger partial charge on any atom is 0.306 e. The summed E-state index contributed by atoms with van der Waals surface area (Å²) in [5.74, 6) is -0.575. The average molecular weight is 386 g/mol. The first-order valence-electron chi connectivity index (χ1n) is 8.43. The number of esters is 1. The number of rotatable bonds is 10. The number of carbonyl (C=O) groups excluding carboxylic acids is 2. The van der Waals surface area contributed by atoms with Crippen LogP contribution in [0.3, 0.4) is 0 Å². The lowest BCUT2D eigenvalue weighted by Crippen LogP contribution is -2.30. The van der Waals surface area contributed by atoms with Crippen LogP contribution in [0.25, 0.3) is 0 Å². The van der Waals surface area contributed by atoms with Crippen molar-refractivity contribution in [2.75, 3.05) is 32.1 Å². The summed E-state index contributed by atoms with van der Waals surface area (Å²) in [5, 5.41) is 2.59. The molecule has 0 bridgehead atoms. The van der Waals surface area contributed by atoms with Crippen LogP contribution in [0, 0.1) is 0 Å². The fourth-order valence-electron chi connectivity index (χ4n) is 2.32. The molecule has 9 heteroatoms. The molecule has 146 valence electrons. The van der Waals surface area contributed by atoms with Crippen LogP contribution in [0.2, 0.25) is 0 Å². The molecular formula is C17H26N2O6S. The summed E-state index contributed by atoms with van der Waals surface area (Å²) in [6.45, 7) is 6.12. The summed E-state index contributed by atoms with van der Waals surface area (Å²) in [6.07, 6.45) is -0.131. The molecule has 1 amide bonds. The third kappa shape index (κ3) is 5.70. The summed E-state index contributed by atoms with van der Waals surface area (Å²) in [7, 11) is -2.25. The third-order valence-corrected chi connectivity index (χ3v) is 5.70. The van der Waals surface area contributed by atoms with Crippen LogP contribution in [0.5, 0.6) is 5.75 Å². The van der Waals surface area contributed by atoms with Crippen molar-refractivity contribution in [3.05, 3.63) is 18.2 Å². The van der Waals surface area contributed by atoms with Crippen LogP contribution >= 0.6 is 0 Å². The van der Waals surface area contributed by atoms with Crippen molar-refractivity contribution in [3.8, 4) is 5.75 Å². The lowest BCUT2D eigenvalue weighted by atomic mass is 10.2. The molecule has 0 unspecified atom stereocenters. The van der Waals surface area contributed by atoms with Crippen molar-refractivity contribution in [3.63, 3.8) is 0 Å². The Morgan fingerprint density at radius 1 is 1.12 bits per heavy atom. The van der Waals surface area contributed by atoms with Crippen LogP contribution in [0.1, 0.15) is 33.6 Å². The molecule has 0 saturated heterocycles. The smallest absolute Gasteiger partial charge is 0.306 e. The number of carbonyl (C=O) groups is 2. The summed E-state index contributed by atoms with van der Waals surface area (Å²) in [6, 6.07) is 4.27. The van der Waals surface area contributed by atoms with Gasteiger partial charge in [0, 0.05) is 19.5 Å². The molecular weight excluding hydrogens is 360 g/mol. The Morgan fingerprint density at radius 2 is 1.77 bits per heavy atom. The number of amides is 1. The van der Waals surface area contributed by atoms with Crippen molar-refractivity contribution < 1.29 is 27.5 Å². The predicted octanol–water partition coefficient (Wildman–Crippen LogP) is 2.01. The van der Waals surface area contributed by atoms with Gasteiger partial charge in [0.2, 0.25) is 15.9 Å². The van der Waals surface area contributed by atoms with Crippen molar-refractivity contribution in [2.24, 2.45) is 0 Å². The van der Waals surface area contributed by atoms with Gasteiger partial charge in [0.25, 0.3) is 0 Å². The van der Waals surface area contributed by atoms with Gasteiger partial charge in [-0.05, 0) is 25.1 Å². The molecule has 26 heavy (non-hydrogen) atoms.